The minimum atomic E-state index is -0.702. The van der Waals surface area contributed by atoms with Gasteiger partial charge in [0.05, 0.1) is 0 Å². The Morgan fingerprint density at radius 3 is 2.42 bits per heavy atom. The quantitative estimate of drug-likeness (QED) is 0.598. The normalized spacial score (nSPS) is 12.9. The monoisotopic (exact) mass is 172 g/mol. The number of ketones is 1. The first-order chi connectivity index (χ1) is 5.72. The van der Waals surface area contributed by atoms with Gasteiger partial charge in [-0.3, -0.25) is 4.79 Å². The lowest BCUT2D eigenvalue weighted by Gasteiger charge is -2.06. The van der Waals surface area contributed by atoms with Gasteiger partial charge in [0.25, 0.3) is 0 Å². The van der Waals surface area contributed by atoms with Gasteiger partial charge in [-0.05, 0) is 12.8 Å². The summed E-state index contributed by atoms with van der Waals surface area (Å²) >= 11 is 0. The molecule has 0 spiro atoms. The lowest BCUT2D eigenvalue weighted by molar-refractivity contribution is -0.127. The molecule has 0 aliphatic heterocycles. The van der Waals surface area contributed by atoms with Crippen molar-refractivity contribution in [2.75, 3.05) is 0 Å². The van der Waals surface area contributed by atoms with Crippen LogP contribution >= 0.6 is 0 Å². The predicted molar refractivity (Wildman–Crippen MR) is 50.1 cm³/mol. The number of carbonyl (C=O) groups excluding carboxylic acids is 1. The predicted octanol–water partition coefficient (Wildman–Crippen LogP) is 2.30. The summed E-state index contributed by atoms with van der Waals surface area (Å²) in [5.74, 6) is 0.0188. The van der Waals surface area contributed by atoms with Crippen LogP contribution in [0.2, 0.25) is 0 Å². The van der Waals surface area contributed by atoms with E-state index in [1.807, 2.05) is 6.92 Å². The molecule has 0 fully saturated rings. The summed E-state index contributed by atoms with van der Waals surface area (Å²) in [6, 6.07) is 0. The number of hydrogen-bond acceptors (Lipinski definition) is 2. The average Bonchev–Trinajstić information content (AvgIpc) is 2.05. The van der Waals surface area contributed by atoms with Gasteiger partial charge in [-0.2, -0.15) is 0 Å². The summed E-state index contributed by atoms with van der Waals surface area (Å²) in [7, 11) is 0. The Hall–Kier alpha value is -0.370. The van der Waals surface area contributed by atoms with E-state index in [9.17, 15) is 9.90 Å². The first-order valence-electron chi connectivity index (χ1n) is 4.93. The van der Waals surface area contributed by atoms with Crippen LogP contribution < -0.4 is 0 Å². The van der Waals surface area contributed by atoms with Gasteiger partial charge in [0, 0.05) is 6.42 Å². The Bertz CT molecular complexity index is 121. The van der Waals surface area contributed by atoms with E-state index < -0.39 is 6.10 Å². The van der Waals surface area contributed by atoms with Gasteiger partial charge in [-0.15, -0.1) is 0 Å². The minimum Gasteiger partial charge on any atom is -0.385 e. The molecule has 0 aliphatic rings. The van der Waals surface area contributed by atoms with Crippen molar-refractivity contribution >= 4 is 5.78 Å². The number of aliphatic hydroxyl groups excluding tert-OH is 1. The molecule has 0 saturated carbocycles. The molecule has 0 aliphatic carbocycles. The number of rotatable bonds is 7. The van der Waals surface area contributed by atoms with E-state index in [0.717, 1.165) is 25.7 Å². The second-order valence-electron chi connectivity index (χ2n) is 3.23. The molecular weight excluding hydrogens is 152 g/mol. The largest absolute Gasteiger partial charge is 0.385 e. The summed E-state index contributed by atoms with van der Waals surface area (Å²) in [4.78, 5) is 11.2. The van der Waals surface area contributed by atoms with Gasteiger partial charge in [0.2, 0.25) is 0 Å². The molecule has 0 aromatic heterocycles. The van der Waals surface area contributed by atoms with Crippen LogP contribution in [-0.4, -0.2) is 17.0 Å². The van der Waals surface area contributed by atoms with E-state index in [1.165, 1.54) is 0 Å². The van der Waals surface area contributed by atoms with Crippen LogP contribution in [-0.2, 0) is 4.79 Å². The van der Waals surface area contributed by atoms with Gasteiger partial charge in [0.15, 0.2) is 5.78 Å². The molecule has 0 radical (unpaired) electrons. The standard InChI is InChI=1S/C10H20O2/c1-3-5-6-8-10(12)9(11)7-4-2/h9,11H,3-8H2,1-2H3. The number of aliphatic hydroxyl groups is 1. The third-order valence-electron chi connectivity index (χ3n) is 1.96. The highest BCUT2D eigenvalue weighted by atomic mass is 16.3. The van der Waals surface area contributed by atoms with Crippen molar-refractivity contribution in [2.24, 2.45) is 0 Å². The maximum atomic E-state index is 11.2. The molecule has 0 heterocycles. The maximum Gasteiger partial charge on any atom is 0.161 e. The SMILES string of the molecule is CCCCCC(=O)C(O)CCC. The Balaban J connectivity index is 3.43. The molecular formula is C10H20O2. The number of unbranched alkanes of at least 4 members (excludes halogenated alkanes) is 2. The highest BCUT2D eigenvalue weighted by Gasteiger charge is 2.12. The van der Waals surface area contributed by atoms with Crippen molar-refractivity contribution in [1.29, 1.82) is 0 Å². The van der Waals surface area contributed by atoms with Crippen LogP contribution in [0.1, 0.15) is 52.4 Å². The third-order valence-corrected chi connectivity index (χ3v) is 1.96. The fraction of sp³-hybridized carbons (Fsp3) is 0.900. The molecule has 1 unspecified atom stereocenters. The van der Waals surface area contributed by atoms with Crippen LogP contribution in [0.3, 0.4) is 0 Å². The zero-order chi connectivity index (χ0) is 9.40. The van der Waals surface area contributed by atoms with Crippen molar-refractivity contribution < 1.29 is 9.90 Å². The Labute approximate surface area is 75.0 Å². The van der Waals surface area contributed by atoms with Crippen LogP contribution in [0, 0.1) is 0 Å². The van der Waals surface area contributed by atoms with Gasteiger partial charge in [-0.25, -0.2) is 0 Å². The zero-order valence-electron chi connectivity index (χ0n) is 8.18. The molecule has 1 atom stereocenters. The van der Waals surface area contributed by atoms with Crippen molar-refractivity contribution in [3.05, 3.63) is 0 Å². The van der Waals surface area contributed by atoms with Gasteiger partial charge in [0.1, 0.15) is 6.10 Å². The molecule has 1 N–H and O–H groups in total. The Morgan fingerprint density at radius 2 is 1.92 bits per heavy atom. The van der Waals surface area contributed by atoms with E-state index in [1.54, 1.807) is 0 Å². The smallest absolute Gasteiger partial charge is 0.161 e. The van der Waals surface area contributed by atoms with E-state index in [4.69, 9.17) is 0 Å². The number of carbonyl (C=O) groups is 1. The molecule has 0 saturated heterocycles. The fourth-order valence-electron chi connectivity index (χ4n) is 1.15. The lowest BCUT2D eigenvalue weighted by Crippen LogP contribution is -2.19. The molecule has 12 heavy (non-hydrogen) atoms. The first-order valence-corrected chi connectivity index (χ1v) is 4.93. The summed E-state index contributed by atoms with van der Waals surface area (Å²) in [5.41, 5.74) is 0. The van der Waals surface area contributed by atoms with Gasteiger partial charge < -0.3 is 5.11 Å². The molecule has 0 aromatic carbocycles. The van der Waals surface area contributed by atoms with Gasteiger partial charge >= 0.3 is 0 Å². The summed E-state index contributed by atoms with van der Waals surface area (Å²) in [6.45, 7) is 4.08. The third kappa shape index (κ3) is 5.30. The van der Waals surface area contributed by atoms with Crippen molar-refractivity contribution in [2.45, 2.75) is 58.5 Å². The van der Waals surface area contributed by atoms with Crippen LogP contribution in [0.25, 0.3) is 0 Å². The molecule has 0 rings (SSSR count). The van der Waals surface area contributed by atoms with E-state index in [2.05, 4.69) is 6.92 Å². The Kier molecular flexibility index (Phi) is 7.06. The second-order valence-corrected chi connectivity index (χ2v) is 3.23. The van der Waals surface area contributed by atoms with E-state index in [-0.39, 0.29) is 5.78 Å². The number of hydrogen-bond donors (Lipinski definition) is 1. The summed E-state index contributed by atoms with van der Waals surface area (Å²) < 4.78 is 0. The summed E-state index contributed by atoms with van der Waals surface area (Å²) in [5, 5.41) is 9.27. The molecule has 0 bridgehead atoms. The fourth-order valence-corrected chi connectivity index (χ4v) is 1.15. The van der Waals surface area contributed by atoms with Crippen molar-refractivity contribution in [3.8, 4) is 0 Å². The van der Waals surface area contributed by atoms with Crippen LogP contribution in [0.5, 0.6) is 0 Å². The molecule has 2 nitrogen and oxygen atoms in total. The Morgan fingerprint density at radius 1 is 1.25 bits per heavy atom. The lowest BCUT2D eigenvalue weighted by atomic mass is 10.0. The minimum absolute atomic E-state index is 0.0188. The molecule has 2 heteroatoms. The molecule has 72 valence electrons. The average molecular weight is 172 g/mol. The van der Waals surface area contributed by atoms with Crippen LogP contribution in [0.4, 0.5) is 0 Å². The van der Waals surface area contributed by atoms with Crippen LogP contribution in [0.15, 0.2) is 0 Å². The maximum absolute atomic E-state index is 11.2. The van der Waals surface area contributed by atoms with Crippen molar-refractivity contribution in [3.63, 3.8) is 0 Å². The highest BCUT2D eigenvalue weighted by Crippen LogP contribution is 2.05. The second kappa shape index (κ2) is 7.29. The highest BCUT2D eigenvalue weighted by molar-refractivity contribution is 5.82. The van der Waals surface area contributed by atoms with E-state index in [0.29, 0.717) is 12.8 Å². The summed E-state index contributed by atoms with van der Waals surface area (Å²) in [6.07, 6.45) is 4.48. The molecule has 0 aromatic rings. The van der Waals surface area contributed by atoms with Crippen molar-refractivity contribution in [1.82, 2.24) is 0 Å². The van der Waals surface area contributed by atoms with E-state index >= 15 is 0 Å². The topological polar surface area (TPSA) is 37.3 Å². The zero-order valence-corrected chi connectivity index (χ0v) is 8.18. The van der Waals surface area contributed by atoms with Gasteiger partial charge in [-0.1, -0.05) is 33.1 Å². The molecule has 0 amide bonds. The number of Topliss-reactive ketones (excluding diaryl/α,β-unsaturated/α-hetero) is 1. The first kappa shape index (κ1) is 11.6.